The molecule has 0 fully saturated rings. The Morgan fingerprint density at radius 2 is 1.61 bits per heavy atom. The lowest BCUT2D eigenvalue weighted by Gasteiger charge is -2.14. The number of halogens is 1. The van der Waals surface area contributed by atoms with E-state index in [0.29, 0.717) is 31.5 Å². The highest BCUT2D eigenvalue weighted by Gasteiger charge is 2.18. The molecule has 0 radical (unpaired) electrons. The highest BCUT2D eigenvalue weighted by atomic mass is 79.9. The van der Waals surface area contributed by atoms with Gasteiger partial charge in [-0.25, -0.2) is 5.43 Å². The number of nitrogens with one attached hydrogen (secondary N) is 2. The fourth-order valence-corrected chi connectivity index (χ4v) is 5.61. The minimum Gasteiger partial charge on any atom is -0.506 e. The fraction of sp³-hybridized carbons (Fsp3) is 0.111. The number of hydrogen-bond donors (Lipinski definition) is 4. The van der Waals surface area contributed by atoms with Crippen molar-refractivity contribution in [1.29, 1.82) is 0 Å². The summed E-state index contributed by atoms with van der Waals surface area (Å²) in [5, 5.41) is 19.5. The van der Waals surface area contributed by atoms with Crippen molar-refractivity contribution in [3.8, 4) is 16.2 Å². The van der Waals surface area contributed by atoms with Crippen molar-refractivity contribution in [3.63, 3.8) is 0 Å². The first-order chi connectivity index (χ1) is 18.1. The van der Waals surface area contributed by atoms with E-state index in [-0.39, 0.29) is 17.7 Å². The van der Waals surface area contributed by atoms with E-state index in [4.69, 9.17) is 5.73 Å². The maximum atomic E-state index is 12.7. The maximum Gasteiger partial charge on any atom is 0.281 e. The smallest absolute Gasteiger partial charge is 0.281 e. The van der Waals surface area contributed by atoms with Gasteiger partial charge in [0.2, 0.25) is 5.91 Å². The van der Waals surface area contributed by atoms with Gasteiger partial charge < -0.3 is 16.2 Å². The molecule has 2 aromatic carbocycles. The number of hydrogen-bond acceptors (Lipinski definition) is 7. The molecule has 2 aromatic heterocycles. The molecule has 1 unspecified atom stereocenters. The second-order valence-electron chi connectivity index (χ2n) is 8.32. The van der Waals surface area contributed by atoms with Crippen LogP contribution in [0.4, 0.5) is 0 Å². The van der Waals surface area contributed by atoms with E-state index in [9.17, 15) is 19.5 Å². The van der Waals surface area contributed by atoms with E-state index >= 15 is 0 Å². The third-order valence-electron chi connectivity index (χ3n) is 5.68. The van der Waals surface area contributed by atoms with Crippen LogP contribution in [0, 0.1) is 0 Å². The van der Waals surface area contributed by atoms with Crippen LogP contribution in [0.3, 0.4) is 0 Å². The number of thiophene rings is 2. The van der Waals surface area contributed by atoms with Gasteiger partial charge in [0.05, 0.1) is 31.9 Å². The first-order valence-electron chi connectivity index (χ1n) is 11.4. The largest absolute Gasteiger partial charge is 0.506 e. The zero-order valence-corrected chi connectivity index (χ0v) is 23.5. The summed E-state index contributed by atoms with van der Waals surface area (Å²) in [5.74, 6) is -1.22. The summed E-state index contributed by atoms with van der Waals surface area (Å²) in [6, 6.07) is 17.1. The highest BCUT2D eigenvalue weighted by Crippen LogP contribution is 2.39. The Morgan fingerprint density at radius 1 is 0.974 bits per heavy atom. The molecule has 0 aliphatic carbocycles. The van der Waals surface area contributed by atoms with Crippen molar-refractivity contribution >= 4 is 62.0 Å². The van der Waals surface area contributed by atoms with E-state index in [1.54, 1.807) is 48.7 Å². The number of amides is 3. The van der Waals surface area contributed by atoms with Crippen LogP contribution in [0.25, 0.3) is 10.4 Å². The average Bonchev–Trinajstić information content (AvgIpc) is 3.55. The summed E-state index contributed by atoms with van der Waals surface area (Å²) in [5.41, 5.74) is 10.8. The third kappa shape index (κ3) is 6.18. The van der Waals surface area contributed by atoms with Gasteiger partial charge in [0.25, 0.3) is 11.8 Å². The molecule has 11 heteroatoms. The van der Waals surface area contributed by atoms with Crippen molar-refractivity contribution in [2.45, 2.75) is 19.9 Å². The van der Waals surface area contributed by atoms with Gasteiger partial charge in [-0.05, 0) is 61.4 Å². The zero-order valence-electron chi connectivity index (χ0n) is 20.3. The Labute approximate surface area is 235 Å². The van der Waals surface area contributed by atoms with Crippen LogP contribution in [-0.4, -0.2) is 28.5 Å². The van der Waals surface area contributed by atoms with Crippen LogP contribution >= 0.6 is 38.6 Å². The fourth-order valence-electron chi connectivity index (χ4n) is 3.53. The Hall–Kier alpha value is -3.80. The van der Waals surface area contributed by atoms with Crippen LogP contribution in [0.1, 0.15) is 60.7 Å². The van der Waals surface area contributed by atoms with Crippen molar-refractivity contribution in [2.24, 2.45) is 10.8 Å². The third-order valence-corrected chi connectivity index (χ3v) is 8.31. The van der Waals surface area contributed by atoms with Gasteiger partial charge in [0.15, 0.2) is 0 Å². The zero-order chi connectivity index (χ0) is 27.4. The van der Waals surface area contributed by atoms with E-state index in [1.165, 1.54) is 11.3 Å². The van der Waals surface area contributed by atoms with Crippen molar-refractivity contribution in [1.82, 2.24) is 10.7 Å². The number of rotatable bonds is 8. The molecule has 4 rings (SSSR count). The summed E-state index contributed by atoms with van der Waals surface area (Å²) in [6.07, 6.45) is 0. The molecule has 0 saturated heterocycles. The number of primary amides is 1. The predicted molar refractivity (Wildman–Crippen MR) is 154 cm³/mol. The van der Waals surface area contributed by atoms with Crippen molar-refractivity contribution < 1.29 is 19.5 Å². The Bertz CT molecular complexity index is 1530. The van der Waals surface area contributed by atoms with Gasteiger partial charge in [-0.15, -0.1) is 22.7 Å². The first-order valence-corrected chi connectivity index (χ1v) is 13.8. The minimum absolute atomic E-state index is 0.0984. The predicted octanol–water partition coefficient (Wildman–Crippen LogP) is 5.69. The van der Waals surface area contributed by atoms with Crippen molar-refractivity contribution in [2.75, 3.05) is 0 Å². The molecule has 0 spiro atoms. The monoisotopic (exact) mass is 610 g/mol. The standard InChI is InChI=1S/C27H23BrN4O4S2/c1-14(16-3-5-18(6-4-16)25(29)34)30-26(35)21-11-12-22(38-21)27(36)32-31-15(2)20-13-37-24(23(20)33)17-7-9-19(28)10-8-17/h3-14,33H,1-2H3,(H2,29,34)(H,30,35)(H,32,36)/b31-15+. The number of benzene rings is 2. The number of carbonyl (C=O) groups excluding carboxylic acids is 3. The molecule has 5 N–H and O–H groups in total. The molecule has 0 saturated carbocycles. The van der Waals surface area contributed by atoms with Gasteiger partial charge in [-0.1, -0.05) is 40.2 Å². The van der Waals surface area contributed by atoms with Gasteiger partial charge in [0, 0.05) is 15.4 Å². The van der Waals surface area contributed by atoms with Crippen LogP contribution in [-0.2, 0) is 0 Å². The number of nitrogens with zero attached hydrogens (tertiary/aromatic N) is 1. The molecule has 0 bridgehead atoms. The Kier molecular flexibility index (Phi) is 8.40. The van der Waals surface area contributed by atoms with Crippen LogP contribution in [0.5, 0.6) is 5.75 Å². The molecule has 1 atom stereocenters. The maximum absolute atomic E-state index is 12.7. The molecule has 2 heterocycles. The molecule has 8 nitrogen and oxygen atoms in total. The van der Waals surface area contributed by atoms with E-state index < -0.39 is 11.8 Å². The normalized spacial score (nSPS) is 12.1. The SMILES string of the molecule is C/C(=N\NC(=O)c1ccc(C(=O)NC(C)c2ccc(C(N)=O)cc2)s1)c1csc(-c2ccc(Br)cc2)c1O. The summed E-state index contributed by atoms with van der Waals surface area (Å²) in [4.78, 5) is 38.0. The number of carbonyl (C=O) groups is 3. The Morgan fingerprint density at radius 3 is 2.24 bits per heavy atom. The molecular weight excluding hydrogens is 588 g/mol. The Balaban J connectivity index is 1.38. The molecule has 194 valence electrons. The second kappa shape index (κ2) is 11.7. The average molecular weight is 612 g/mol. The number of aromatic hydroxyl groups is 1. The van der Waals surface area contributed by atoms with Gasteiger partial charge in [-0.3, -0.25) is 14.4 Å². The molecule has 0 aliphatic heterocycles. The lowest BCUT2D eigenvalue weighted by Crippen LogP contribution is -2.26. The molecule has 4 aromatic rings. The molecule has 38 heavy (non-hydrogen) atoms. The van der Waals surface area contributed by atoms with E-state index in [1.807, 2.05) is 31.2 Å². The van der Waals surface area contributed by atoms with Crippen LogP contribution in [0.15, 0.2) is 75.6 Å². The summed E-state index contributed by atoms with van der Waals surface area (Å²) < 4.78 is 0.943. The lowest BCUT2D eigenvalue weighted by atomic mass is 10.1. The van der Waals surface area contributed by atoms with Crippen molar-refractivity contribution in [3.05, 3.63) is 97.0 Å². The topological polar surface area (TPSA) is 134 Å². The van der Waals surface area contributed by atoms with E-state index in [2.05, 4.69) is 31.8 Å². The number of hydrazone groups is 1. The van der Waals surface area contributed by atoms with Gasteiger partial charge >= 0.3 is 0 Å². The number of nitrogens with two attached hydrogens (primary N) is 1. The molecular formula is C27H23BrN4O4S2. The first kappa shape index (κ1) is 27.2. The van der Waals surface area contributed by atoms with Crippen LogP contribution < -0.4 is 16.5 Å². The van der Waals surface area contributed by atoms with Gasteiger partial charge in [-0.2, -0.15) is 5.10 Å². The van der Waals surface area contributed by atoms with Crippen LogP contribution in [0.2, 0.25) is 0 Å². The molecule has 3 amide bonds. The summed E-state index contributed by atoms with van der Waals surface area (Å²) >= 11 is 5.82. The lowest BCUT2D eigenvalue weighted by molar-refractivity contribution is 0.0940. The summed E-state index contributed by atoms with van der Waals surface area (Å²) in [6.45, 7) is 3.51. The quantitative estimate of drug-likeness (QED) is 0.151. The van der Waals surface area contributed by atoms with E-state index in [0.717, 1.165) is 26.9 Å². The minimum atomic E-state index is -0.519. The summed E-state index contributed by atoms with van der Waals surface area (Å²) in [7, 11) is 0. The van der Waals surface area contributed by atoms with Gasteiger partial charge in [0.1, 0.15) is 5.75 Å². The highest BCUT2D eigenvalue weighted by molar-refractivity contribution is 9.10. The molecule has 0 aliphatic rings. The second-order valence-corrected chi connectivity index (χ2v) is 11.2.